The standard InChI is InChI=1S/C21H13Cl2N3O2/c22-17-8-4-7-16(18(17)23)20-19(13-5-2-1-3-6-13)24-21(25-20)14-9-11-15(12-10-14)26(27)28/h1-12H,(H,24,25). The van der Waals surface area contributed by atoms with Gasteiger partial charge in [0, 0.05) is 28.8 Å². The number of hydrogen-bond donors (Lipinski definition) is 1. The van der Waals surface area contributed by atoms with Crippen LogP contribution in [0.4, 0.5) is 5.69 Å². The minimum Gasteiger partial charge on any atom is -0.337 e. The molecule has 0 amide bonds. The van der Waals surface area contributed by atoms with Crippen molar-refractivity contribution >= 4 is 28.9 Å². The molecule has 1 N–H and O–H groups in total. The summed E-state index contributed by atoms with van der Waals surface area (Å²) in [4.78, 5) is 18.5. The van der Waals surface area contributed by atoms with Crippen molar-refractivity contribution in [1.82, 2.24) is 9.97 Å². The normalized spacial score (nSPS) is 10.8. The lowest BCUT2D eigenvalue weighted by molar-refractivity contribution is -0.384. The van der Waals surface area contributed by atoms with Crippen LogP contribution in [-0.2, 0) is 0 Å². The second-order valence-corrected chi connectivity index (χ2v) is 6.87. The fourth-order valence-electron chi connectivity index (χ4n) is 2.95. The first kappa shape index (κ1) is 18.2. The van der Waals surface area contributed by atoms with Gasteiger partial charge in [-0.1, -0.05) is 65.7 Å². The minimum atomic E-state index is -0.432. The molecule has 7 heteroatoms. The van der Waals surface area contributed by atoms with Gasteiger partial charge >= 0.3 is 0 Å². The Labute approximate surface area is 170 Å². The largest absolute Gasteiger partial charge is 0.337 e. The van der Waals surface area contributed by atoms with Gasteiger partial charge < -0.3 is 4.98 Å². The number of aromatic amines is 1. The van der Waals surface area contributed by atoms with E-state index in [-0.39, 0.29) is 5.69 Å². The zero-order chi connectivity index (χ0) is 19.7. The zero-order valence-corrected chi connectivity index (χ0v) is 15.9. The highest BCUT2D eigenvalue weighted by molar-refractivity contribution is 6.43. The van der Waals surface area contributed by atoms with Gasteiger partial charge in [-0.25, -0.2) is 4.98 Å². The number of nitro groups is 1. The second kappa shape index (κ2) is 7.46. The molecule has 0 saturated carbocycles. The average molecular weight is 410 g/mol. The van der Waals surface area contributed by atoms with Crippen LogP contribution in [0.2, 0.25) is 10.0 Å². The quantitative estimate of drug-likeness (QED) is 0.303. The Morgan fingerprint density at radius 1 is 0.857 bits per heavy atom. The summed E-state index contributed by atoms with van der Waals surface area (Å²) in [5.41, 5.74) is 3.85. The number of benzene rings is 3. The highest BCUT2D eigenvalue weighted by Crippen LogP contribution is 2.39. The first-order valence-corrected chi connectivity index (χ1v) is 9.15. The second-order valence-electron chi connectivity index (χ2n) is 6.08. The maximum atomic E-state index is 10.9. The molecule has 0 spiro atoms. The van der Waals surface area contributed by atoms with E-state index < -0.39 is 4.92 Å². The lowest BCUT2D eigenvalue weighted by atomic mass is 10.1. The van der Waals surface area contributed by atoms with Crippen molar-refractivity contribution in [1.29, 1.82) is 0 Å². The molecule has 0 saturated heterocycles. The number of imidazole rings is 1. The molecule has 0 radical (unpaired) electrons. The molecule has 4 aromatic rings. The monoisotopic (exact) mass is 409 g/mol. The third-order valence-electron chi connectivity index (χ3n) is 4.32. The molecule has 0 unspecified atom stereocenters. The van der Waals surface area contributed by atoms with Crippen LogP contribution in [-0.4, -0.2) is 14.9 Å². The third kappa shape index (κ3) is 3.38. The Balaban J connectivity index is 1.90. The number of halogens is 2. The lowest BCUT2D eigenvalue weighted by Crippen LogP contribution is -1.88. The van der Waals surface area contributed by atoms with Gasteiger partial charge in [0.05, 0.1) is 26.4 Å². The number of H-pyrrole nitrogens is 1. The van der Waals surface area contributed by atoms with E-state index in [2.05, 4.69) is 4.98 Å². The molecule has 4 rings (SSSR count). The van der Waals surface area contributed by atoms with Crippen molar-refractivity contribution in [3.05, 3.63) is 93.0 Å². The van der Waals surface area contributed by atoms with Gasteiger partial charge in [-0.2, -0.15) is 0 Å². The fraction of sp³-hybridized carbons (Fsp3) is 0. The van der Waals surface area contributed by atoms with Crippen LogP contribution < -0.4 is 0 Å². The summed E-state index contributed by atoms with van der Waals surface area (Å²) in [6.07, 6.45) is 0. The molecule has 0 aliphatic heterocycles. The number of aromatic nitrogens is 2. The molecule has 0 bridgehead atoms. The van der Waals surface area contributed by atoms with Crippen molar-refractivity contribution in [3.63, 3.8) is 0 Å². The van der Waals surface area contributed by atoms with Crippen molar-refractivity contribution in [3.8, 4) is 33.9 Å². The van der Waals surface area contributed by atoms with E-state index in [4.69, 9.17) is 28.2 Å². The van der Waals surface area contributed by atoms with Crippen LogP contribution in [0.5, 0.6) is 0 Å². The Kier molecular flexibility index (Phi) is 4.86. The van der Waals surface area contributed by atoms with E-state index in [9.17, 15) is 10.1 Å². The number of hydrogen-bond acceptors (Lipinski definition) is 3. The molecule has 0 aliphatic carbocycles. The van der Waals surface area contributed by atoms with Gasteiger partial charge in [-0.3, -0.25) is 10.1 Å². The molecule has 1 heterocycles. The van der Waals surface area contributed by atoms with Crippen molar-refractivity contribution < 1.29 is 4.92 Å². The maximum absolute atomic E-state index is 10.9. The van der Waals surface area contributed by atoms with Gasteiger partial charge in [0.25, 0.3) is 5.69 Å². The van der Waals surface area contributed by atoms with Crippen LogP contribution in [0.25, 0.3) is 33.9 Å². The predicted octanol–water partition coefficient (Wildman–Crippen LogP) is 6.63. The minimum absolute atomic E-state index is 0.0247. The predicted molar refractivity (Wildman–Crippen MR) is 112 cm³/mol. The summed E-state index contributed by atoms with van der Waals surface area (Å²) in [5.74, 6) is 0.583. The van der Waals surface area contributed by atoms with Crippen LogP contribution in [0.15, 0.2) is 72.8 Å². The highest BCUT2D eigenvalue weighted by atomic mass is 35.5. The smallest absolute Gasteiger partial charge is 0.269 e. The Morgan fingerprint density at radius 3 is 2.25 bits per heavy atom. The van der Waals surface area contributed by atoms with Gasteiger partial charge in [0.2, 0.25) is 0 Å². The van der Waals surface area contributed by atoms with Crippen molar-refractivity contribution in [2.45, 2.75) is 0 Å². The summed E-state index contributed by atoms with van der Waals surface area (Å²) >= 11 is 12.6. The molecule has 0 aliphatic rings. The molecule has 28 heavy (non-hydrogen) atoms. The lowest BCUT2D eigenvalue weighted by Gasteiger charge is -2.06. The number of non-ortho nitro benzene ring substituents is 1. The first-order chi connectivity index (χ1) is 13.5. The van der Waals surface area contributed by atoms with Gasteiger partial charge in [0.15, 0.2) is 0 Å². The highest BCUT2D eigenvalue weighted by Gasteiger charge is 2.18. The molecule has 0 atom stereocenters. The summed E-state index contributed by atoms with van der Waals surface area (Å²) in [7, 11) is 0. The van der Waals surface area contributed by atoms with E-state index in [1.165, 1.54) is 12.1 Å². The van der Waals surface area contributed by atoms with E-state index in [1.807, 2.05) is 42.5 Å². The van der Waals surface area contributed by atoms with Gasteiger partial charge in [0.1, 0.15) is 5.82 Å². The molecule has 138 valence electrons. The van der Waals surface area contributed by atoms with E-state index in [0.717, 1.165) is 28.1 Å². The van der Waals surface area contributed by atoms with Crippen LogP contribution in [0.1, 0.15) is 0 Å². The molecule has 3 aromatic carbocycles. The van der Waals surface area contributed by atoms with E-state index >= 15 is 0 Å². The molecular weight excluding hydrogens is 397 g/mol. The average Bonchev–Trinajstić information content (AvgIpc) is 3.16. The SMILES string of the molecule is O=[N+]([O-])c1ccc(-c2nc(-c3ccccc3)c(-c3cccc(Cl)c3Cl)[nH]2)cc1. The Morgan fingerprint density at radius 2 is 1.57 bits per heavy atom. The van der Waals surface area contributed by atoms with Crippen LogP contribution in [0, 0.1) is 10.1 Å². The Bertz CT molecular complexity index is 1160. The molecule has 0 fully saturated rings. The van der Waals surface area contributed by atoms with Crippen molar-refractivity contribution in [2.75, 3.05) is 0 Å². The summed E-state index contributed by atoms with van der Waals surface area (Å²) in [6, 6.07) is 21.3. The maximum Gasteiger partial charge on any atom is 0.269 e. The van der Waals surface area contributed by atoms with E-state index in [1.54, 1.807) is 18.2 Å². The Hall–Kier alpha value is -3.15. The number of nitro benzene ring substituents is 1. The zero-order valence-electron chi connectivity index (χ0n) is 14.4. The van der Waals surface area contributed by atoms with Crippen LogP contribution in [0.3, 0.4) is 0 Å². The summed E-state index contributed by atoms with van der Waals surface area (Å²) in [6.45, 7) is 0. The van der Waals surface area contributed by atoms with Gasteiger partial charge in [-0.05, 0) is 18.2 Å². The third-order valence-corrected chi connectivity index (χ3v) is 5.14. The first-order valence-electron chi connectivity index (χ1n) is 8.39. The molecule has 5 nitrogen and oxygen atoms in total. The number of nitrogens with zero attached hydrogens (tertiary/aromatic N) is 2. The summed E-state index contributed by atoms with van der Waals surface area (Å²) < 4.78 is 0. The number of nitrogens with one attached hydrogen (secondary N) is 1. The fourth-order valence-corrected chi connectivity index (χ4v) is 3.34. The number of rotatable bonds is 4. The topological polar surface area (TPSA) is 71.8 Å². The molecule has 1 aromatic heterocycles. The van der Waals surface area contributed by atoms with Crippen molar-refractivity contribution in [2.24, 2.45) is 0 Å². The summed E-state index contributed by atoms with van der Waals surface area (Å²) in [5, 5.41) is 11.8. The molecular formula is C21H13Cl2N3O2. The van der Waals surface area contributed by atoms with E-state index in [0.29, 0.717) is 15.9 Å². The van der Waals surface area contributed by atoms with Crippen LogP contribution >= 0.6 is 23.2 Å². The van der Waals surface area contributed by atoms with Gasteiger partial charge in [-0.15, -0.1) is 0 Å².